The molecule has 0 fully saturated rings. The first kappa shape index (κ1) is 15.3. The predicted molar refractivity (Wildman–Crippen MR) is 88.2 cm³/mol. The number of carboxylic acids is 1. The van der Waals surface area contributed by atoms with Gasteiger partial charge in [-0.2, -0.15) is 5.10 Å². The van der Waals surface area contributed by atoms with Crippen molar-refractivity contribution in [1.29, 1.82) is 0 Å². The van der Waals surface area contributed by atoms with Crippen LogP contribution in [0.4, 0.5) is 5.69 Å². The summed E-state index contributed by atoms with van der Waals surface area (Å²) in [6, 6.07) is 11.6. The lowest BCUT2D eigenvalue weighted by atomic mass is 10.1. The Kier molecular flexibility index (Phi) is 4.24. The summed E-state index contributed by atoms with van der Waals surface area (Å²) in [6.45, 7) is 0. The van der Waals surface area contributed by atoms with E-state index in [0.29, 0.717) is 11.3 Å². The highest BCUT2D eigenvalue weighted by molar-refractivity contribution is 5.93. The average Bonchev–Trinajstić information content (AvgIpc) is 3.11. The molecule has 24 heavy (non-hydrogen) atoms. The Balaban J connectivity index is 1.68. The maximum absolute atomic E-state index is 11.0. The molecule has 3 rings (SSSR count). The molecule has 0 aliphatic carbocycles. The minimum absolute atomic E-state index is 0.171. The van der Waals surface area contributed by atoms with Gasteiger partial charge >= 0.3 is 5.97 Å². The van der Waals surface area contributed by atoms with Crippen LogP contribution < -0.4 is 5.43 Å². The molecule has 120 valence electrons. The summed E-state index contributed by atoms with van der Waals surface area (Å²) in [5.41, 5.74) is 4.87. The number of phenols is 1. The third-order valence-corrected chi connectivity index (χ3v) is 3.26. The maximum atomic E-state index is 11.0. The number of anilines is 1. The van der Waals surface area contributed by atoms with E-state index in [1.165, 1.54) is 24.7 Å². The molecule has 2 aromatic carbocycles. The topological polar surface area (TPSA) is 108 Å². The molecule has 1 heterocycles. The van der Waals surface area contributed by atoms with Gasteiger partial charge in [0.25, 0.3) is 0 Å². The molecular formula is C17H13N3O4. The molecule has 0 aliphatic heterocycles. The predicted octanol–water partition coefficient (Wildman–Crippen LogP) is 3.19. The zero-order chi connectivity index (χ0) is 16.9. The molecule has 0 amide bonds. The number of nitrogens with zero attached hydrogens (tertiary/aromatic N) is 2. The summed E-state index contributed by atoms with van der Waals surface area (Å²) in [6.07, 6.45) is 4.47. The van der Waals surface area contributed by atoms with Crippen molar-refractivity contribution in [3.8, 4) is 17.1 Å². The highest BCUT2D eigenvalue weighted by Gasteiger charge is 2.09. The smallest absolute Gasteiger partial charge is 0.339 e. The van der Waals surface area contributed by atoms with Crippen LogP contribution in [0.5, 0.6) is 5.75 Å². The van der Waals surface area contributed by atoms with Crippen LogP contribution in [0.25, 0.3) is 11.3 Å². The van der Waals surface area contributed by atoms with Gasteiger partial charge in [-0.05, 0) is 48.0 Å². The lowest BCUT2D eigenvalue weighted by molar-refractivity contribution is 0.0693. The van der Waals surface area contributed by atoms with Crippen LogP contribution in [0, 0.1) is 0 Å². The van der Waals surface area contributed by atoms with Gasteiger partial charge in [0.05, 0.1) is 18.1 Å². The van der Waals surface area contributed by atoms with Crippen LogP contribution in [0.15, 0.2) is 64.6 Å². The fourth-order valence-electron chi connectivity index (χ4n) is 2.05. The van der Waals surface area contributed by atoms with Gasteiger partial charge in [0, 0.05) is 5.56 Å². The number of carboxylic acid groups (broad SMARTS) is 1. The molecule has 0 aliphatic rings. The normalized spacial score (nSPS) is 10.8. The highest BCUT2D eigenvalue weighted by atomic mass is 16.4. The Morgan fingerprint density at radius 2 is 2.00 bits per heavy atom. The fourth-order valence-corrected chi connectivity index (χ4v) is 2.05. The van der Waals surface area contributed by atoms with E-state index in [2.05, 4.69) is 15.5 Å². The summed E-state index contributed by atoms with van der Waals surface area (Å²) < 4.78 is 5.21. The molecule has 3 aromatic rings. The Bertz CT molecular complexity index is 871. The summed E-state index contributed by atoms with van der Waals surface area (Å²) in [7, 11) is 0. The van der Waals surface area contributed by atoms with Crippen molar-refractivity contribution in [2.24, 2.45) is 5.10 Å². The summed E-state index contributed by atoms with van der Waals surface area (Å²) in [5.74, 6) is -0.801. The molecule has 0 spiro atoms. The molecule has 3 N–H and O–H groups in total. The number of hydrogen-bond acceptors (Lipinski definition) is 6. The van der Waals surface area contributed by atoms with E-state index >= 15 is 0 Å². The number of hydrazone groups is 1. The SMILES string of the molecule is O=C(O)c1cc(C=NNc2ccc(-c3cnco3)cc2)ccc1O. The summed E-state index contributed by atoms with van der Waals surface area (Å²) in [5, 5.41) is 22.5. The van der Waals surface area contributed by atoms with Crippen LogP contribution in [0.3, 0.4) is 0 Å². The largest absolute Gasteiger partial charge is 0.507 e. The molecule has 0 radical (unpaired) electrons. The summed E-state index contributed by atoms with van der Waals surface area (Å²) >= 11 is 0. The minimum Gasteiger partial charge on any atom is -0.507 e. The number of aromatic carboxylic acids is 1. The Morgan fingerprint density at radius 1 is 1.21 bits per heavy atom. The Hall–Kier alpha value is -3.61. The molecule has 0 unspecified atom stereocenters. The highest BCUT2D eigenvalue weighted by Crippen LogP contribution is 2.21. The zero-order valence-electron chi connectivity index (χ0n) is 12.4. The standard InChI is InChI=1S/C17H13N3O4/c21-15-6-1-11(7-14(15)17(22)23)8-19-20-13-4-2-12(3-5-13)16-9-18-10-24-16/h1-10,20-21H,(H,22,23). The van der Waals surface area contributed by atoms with Crippen LogP contribution in [-0.4, -0.2) is 27.4 Å². The third kappa shape index (κ3) is 3.41. The van der Waals surface area contributed by atoms with Crippen molar-refractivity contribution >= 4 is 17.9 Å². The van der Waals surface area contributed by atoms with Crippen LogP contribution in [0.2, 0.25) is 0 Å². The maximum Gasteiger partial charge on any atom is 0.339 e. The number of rotatable bonds is 5. The van der Waals surface area contributed by atoms with Crippen LogP contribution >= 0.6 is 0 Å². The average molecular weight is 323 g/mol. The van der Waals surface area contributed by atoms with E-state index in [-0.39, 0.29) is 11.3 Å². The molecule has 0 bridgehead atoms. The first-order valence-electron chi connectivity index (χ1n) is 6.98. The number of carbonyl (C=O) groups is 1. The van der Waals surface area contributed by atoms with Crippen molar-refractivity contribution < 1.29 is 19.4 Å². The van der Waals surface area contributed by atoms with Crippen molar-refractivity contribution in [1.82, 2.24) is 4.98 Å². The van der Waals surface area contributed by atoms with Gasteiger partial charge in [0.1, 0.15) is 11.3 Å². The second-order valence-corrected chi connectivity index (χ2v) is 4.89. The van der Waals surface area contributed by atoms with Gasteiger partial charge in [-0.25, -0.2) is 9.78 Å². The van der Waals surface area contributed by atoms with Crippen molar-refractivity contribution in [2.75, 3.05) is 5.43 Å². The van der Waals surface area contributed by atoms with E-state index in [1.807, 2.05) is 24.3 Å². The second kappa shape index (κ2) is 6.66. The van der Waals surface area contributed by atoms with Gasteiger partial charge in [0.2, 0.25) is 0 Å². The number of benzene rings is 2. The molecule has 7 heteroatoms. The lowest BCUT2D eigenvalue weighted by Gasteiger charge is -2.02. The van der Waals surface area contributed by atoms with Crippen molar-refractivity contribution in [3.05, 3.63) is 66.2 Å². The lowest BCUT2D eigenvalue weighted by Crippen LogP contribution is -1.98. The third-order valence-electron chi connectivity index (χ3n) is 3.26. The zero-order valence-corrected chi connectivity index (χ0v) is 12.4. The molecule has 0 saturated carbocycles. The Morgan fingerprint density at radius 3 is 2.67 bits per heavy atom. The van der Waals surface area contributed by atoms with Crippen LogP contribution in [-0.2, 0) is 0 Å². The molecule has 0 saturated heterocycles. The molecular weight excluding hydrogens is 310 g/mol. The van der Waals surface area contributed by atoms with Gasteiger partial charge in [-0.15, -0.1) is 0 Å². The first-order chi connectivity index (χ1) is 11.6. The van der Waals surface area contributed by atoms with E-state index in [9.17, 15) is 9.90 Å². The van der Waals surface area contributed by atoms with E-state index in [1.54, 1.807) is 12.3 Å². The molecule has 0 atom stereocenters. The first-order valence-corrected chi connectivity index (χ1v) is 6.98. The van der Waals surface area contributed by atoms with Crippen LogP contribution in [0.1, 0.15) is 15.9 Å². The Labute approximate surface area is 136 Å². The van der Waals surface area contributed by atoms with Gasteiger partial charge in [-0.1, -0.05) is 0 Å². The van der Waals surface area contributed by atoms with E-state index in [4.69, 9.17) is 9.52 Å². The quantitative estimate of drug-likeness (QED) is 0.491. The number of aromatic nitrogens is 1. The fraction of sp³-hybridized carbons (Fsp3) is 0. The number of nitrogens with one attached hydrogen (secondary N) is 1. The van der Waals surface area contributed by atoms with Crippen molar-refractivity contribution in [2.45, 2.75) is 0 Å². The second-order valence-electron chi connectivity index (χ2n) is 4.89. The number of oxazole rings is 1. The monoisotopic (exact) mass is 323 g/mol. The van der Waals surface area contributed by atoms with Gasteiger partial charge in [0.15, 0.2) is 12.2 Å². The van der Waals surface area contributed by atoms with Gasteiger partial charge in [-0.3, -0.25) is 5.43 Å². The number of aromatic hydroxyl groups is 1. The van der Waals surface area contributed by atoms with Crippen molar-refractivity contribution in [3.63, 3.8) is 0 Å². The van der Waals surface area contributed by atoms with E-state index < -0.39 is 5.97 Å². The van der Waals surface area contributed by atoms with Gasteiger partial charge < -0.3 is 14.6 Å². The van der Waals surface area contributed by atoms with E-state index in [0.717, 1.165) is 11.3 Å². The number of hydrogen-bond donors (Lipinski definition) is 3. The molecule has 1 aromatic heterocycles. The minimum atomic E-state index is -1.20. The summed E-state index contributed by atoms with van der Waals surface area (Å²) in [4.78, 5) is 14.8. The molecule has 7 nitrogen and oxygen atoms in total.